The number of amides is 1. The van der Waals surface area contributed by atoms with E-state index in [0.29, 0.717) is 45.5 Å². The summed E-state index contributed by atoms with van der Waals surface area (Å²) in [4.78, 5) is 21.8. The van der Waals surface area contributed by atoms with Crippen LogP contribution in [-0.4, -0.2) is 71.9 Å². The van der Waals surface area contributed by atoms with Crippen LogP contribution in [0.5, 0.6) is 11.5 Å². The normalized spacial score (nSPS) is 11.3. The highest BCUT2D eigenvalue weighted by atomic mass is 35.5. The Labute approximate surface area is 198 Å². The third kappa shape index (κ3) is 5.32. The summed E-state index contributed by atoms with van der Waals surface area (Å²) in [6.45, 7) is 0.951. The van der Waals surface area contributed by atoms with Crippen molar-refractivity contribution in [3.63, 3.8) is 0 Å². The molecular formula is C21H26ClN3O5S2. The van der Waals surface area contributed by atoms with Crippen LogP contribution in [0.2, 0.25) is 0 Å². The zero-order chi connectivity index (χ0) is 22.8. The van der Waals surface area contributed by atoms with Gasteiger partial charge in [-0.1, -0.05) is 23.5 Å². The summed E-state index contributed by atoms with van der Waals surface area (Å²) in [5.41, 5.74) is 0.702. The zero-order valence-corrected chi connectivity index (χ0v) is 20.9. The number of nitrogens with zero attached hydrogens (tertiary/aromatic N) is 3. The number of hydrogen-bond donors (Lipinski definition) is 0. The number of hydrogen-bond acceptors (Lipinski definition) is 8. The average Bonchev–Trinajstić information content (AvgIpc) is 3.15. The number of thiazole rings is 1. The van der Waals surface area contributed by atoms with Crippen LogP contribution in [0.3, 0.4) is 0 Å². The SMILES string of the molecule is COc1cccc(C(=O)N(CCN(C)C)c2nc3c(S(C)(=O)=O)cccc3s2)c1OC.Cl. The number of benzene rings is 2. The maximum Gasteiger partial charge on any atom is 0.264 e. The van der Waals surface area contributed by atoms with Crippen LogP contribution in [0.4, 0.5) is 5.13 Å². The lowest BCUT2D eigenvalue weighted by Crippen LogP contribution is -2.37. The van der Waals surface area contributed by atoms with Gasteiger partial charge in [0.2, 0.25) is 0 Å². The summed E-state index contributed by atoms with van der Waals surface area (Å²) < 4.78 is 35.9. The topological polar surface area (TPSA) is 89.0 Å². The molecule has 0 N–H and O–H groups in total. The van der Waals surface area contributed by atoms with Gasteiger partial charge in [0, 0.05) is 19.3 Å². The number of anilines is 1. The van der Waals surface area contributed by atoms with E-state index in [2.05, 4.69) is 4.98 Å². The Morgan fingerprint density at radius 1 is 1.06 bits per heavy atom. The second kappa shape index (κ2) is 10.5. The van der Waals surface area contributed by atoms with Crippen molar-refractivity contribution in [2.24, 2.45) is 0 Å². The predicted molar refractivity (Wildman–Crippen MR) is 130 cm³/mol. The number of carbonyl (C=O) groups excluding carboxylic acids is 1. The fourth-order valence-electron chi connectivity index (χ4n) is 3.11. The van der Waals surface area contributed by atoms with E-state index in [-0.39, 0.29) is 23.2 Å². The summed E-state index contributed by atoms with van der Waals surface area (Å²) in [6.07, 6.45) is 1.15. The molecule has 2 aromatic carbocycles. The molecule has 0 aliphatic carbocycles. The van der Waals surface area contributed by atoms with Gasteiger partial charge in [-0.3, -0.25) is 9.69 Å². The molecule has 0 aliphatic heterocycles. The standard InChI is InChI=1S/C21H25N3O5S2.ClH/c1-23(2)12-13-24(20(25)14-8-6-9-15(28-3)19(14)29-4)21-22-18-16(30-21)10-7-11-17(18)31(5,26)27;/h6-11H,12-13H2,1-5H3;1H. The molecule has 0 spiro atoms. The predicted octanol–water partition coefficient (Wildman–Crippen LogP) is 3.35. The van der Waals surface area contributed by atoms with E-state index in [1.54, 1.807) is 35.2 Å². The van der Waals surface area contributed by atoms with E-state index in [1.165, 1.54) is 31.6 Å². The van der Waals surface area contributed by atoms with E-state index in [1.807, 2.05) is 19.0 Å². The summed E-state index contributed by atoms with van der Waals surface area (Å²) in [5.74, 6) is 0.477. The summed E-state index contributed by atoms with van der Waals surface area (Å²) in [6, 6.07) is 10.1. The molecule has 0 aliphatic rings. The van der Waals surface area contributed by atoms with Gasteiger partial charge in [-0.25, -0.2) is 13.4 Å². The monoisotopic (exact) mass is 499 g/mol. The molecule has 32 heavy (non-hydrogen) atoms. The number of rotatable bonds is 8. The van der Waals surface area contributed by atoms with Crippen LogP contribution >= 0.6 is 23.7 Å². The van der Waals surface area contributed by atoms with Gasteiger partial charge in [-0.05, 0) is 38.4 Å². The van der Waals surface area contributed by atoms with Crippen LogP contribution in [0.1, 0.15) is 10.4 Å². The number of ether oxygens (including phenoxy) is 2. The average molecular weight is 500 g/mol. The lowest BCUT2D eigenvalue weighted by Gasteiger charge is -2.23. The second-order valence-corrected chi connectivity index (χ2v) is 10.2. The van der Waals surface area contributed by atoms with E-state index in [4.69, 9.17) is 9.47 Å². The van der Waals surface area contributed by atoms with Crippen molar-refractivity contribution in [3.05, 3.63) is 42.0 Å². The van der Waals surface area contributed by atoms with Gasteiger partial charge in [-0.2, -0.15) is 0 Å². The highest BCUT2D eigenvalue weighted by Gasteiger charge is 2.26. The van der Waals surface area contributed by atoms with Gasteiger partial charge in [0.05, 0.1) is 29.4 Å². The first-order valence-electron chi connectivity index (χ1n) is 9.44. The molecule has 0 saturated carbocycles. The Morgan fingerprint density at radius 2 is 1.75 bits per heavy atom. The Bertz CT molecular complexity index is 1210. The highest BCUT2D eigenvalue weighted by Crippen LogP contribution is 2.36. The number of likely N-dealkylation sites (N-methyl/N-ethyl adjacent to an activating group) is 1. The van der Waals surface area contributed by atoms with Gasteiger partial charge in [0.25, 0.3) is 5.91 Å². The molecule has 8 nitrogen and oxygen atoms in total. The maximum atomic E-state index is 13.6. The Kier molecular flexibility index (Phi) is 8.47. The maximum absolute atomic E-state index is 13.6. The van der Waals surface area contributed by atoms with Crippen molar-refractivity contribution in [2.75, 3.05) is 52.6 Å². The van der Waals surface area contributed by atoms with Crippen LogP contribution in [0.25, 0.3) is 10.2 Å². The smallest absolute Gasteiger partial charge is 0.264 e. The number of fused-ring (bicyclic) bond motifs is 1. The fraction of sp³-hybridized carbons (Fsp3) is 0.333. The number of para-hydroxylation sites is 2. The Hall–Kier alpha value is -2.40. The van der Waals surface area contributed by atoms with Crippen molar-refractivity contribution in [1.82, 2.24) is 9.88 Å². The van der Waals surface area contributed by atoms with Gasteiger partial charge >= 0.3 is 0 Å². The first-order valence-corrected chi connectivity index (χ1v) is 12.2. The zero-order valence-electron chi connectivity index (χ0n) is 18.5. The fourth-order valence-corrected chi connectivity index (χ4v) is 5.03. The second-order valence-electron chi connectivity index (χ2n) is 7.17. The molecule has 0 fully saturated rings. The molecule has 0 saturated heterocycles. The number of carbonyl (C=O) groups is 1. The molecule has 3 aromatic rings. The van der Waals surface area contributed by atoms with Crippen molar-refractivity contribution < 1.29 is 22.7 Å². The first kappa shape index (κ1) is 25.9. The number of halogens is 1. The minimum Gasteiger partial charge on any atom is -0.493 e. The van der Waals surface area contributed by atoms with Crippen LogP contribution in [-0.2, 0) is 9.84 Å². The van der Waals surface area contributed by atoms with Crippen molar-refractivity contribution in [1.29, 1.82) is 0 Å². The first-order chi connectivity index (χ1) is 14.7. The molecule has 1 heterocycles. The minimum atomic E-state index is -3.46. The molecule has 0 unspecified atom stereocenters. The molecule has 0 radical (unpaired) electrons. The van der Waals surface area contributed by atoms with E-state index in [9.17, 15) is 13.2 Å². The van der Waals surface area contributed by atoms with Crippen molar-refractivity contribution in [3.8, 4) is 11.5 Å². The molecule has 1 amide bonds. The van der Waals surface area contributed by atoms with E-state index in [0.717, 1.165) is 6.26 Å². The van der Waals surface area contributed by atoms with Gasteiger partial charge in [0.15, 0.2) is 26.5 Å². The molecule has 3 rings (SSSR count). The molecule has 11 heteroatoms. The molecule has 0 atom stereocenters. The van der Waals surface area contributed by atoms with Crippen LogP contribution in [0.15, 0.2) is 41.3 Å². The third-order valence-corrected chi connectivity index (χ3v) is 6.82. The molecule has 0 bridgehead atoms. The van der Waals surface area contributed by atoms with E-state index < -0.39 is 9.84 Å². The number of sulfone groups is 1. The highest BCUT2D eigenvalue weighted by molar-refractivity contribution is 7.91. The van der Waals surface area contributed by atoms with E-state index >= 15 is 0 Å². The summed E-state index contributed by atoms with van der Waals surface area (Å²) in [5, 5.41) is 0.419. The Balaban J connectivity index is 0.00000363. The lowest BCUT2D eigenvalue weighted by atomic mass is 10.1. The number of methoxy groups -OCH3 is 2. The Morgan fingerprint density at radius 3 is 2.34 bits per heavy atom. The van der Waals surface area contributed by atoms with Gasteiger partial charge in [-0.15, -0.1) is 12.4 Å². The van der Waals surface area contributed by atoms with Crippen molar-refractivity contribution >= 4 is 54.8 Å². The van der Waals surface area contributed by atoms with Gasteiger partial charge < -0.3 is 14.4 Å². The van der Waals surface area contributed by atoms with Crippen LogP contribution in [0, 0.1) is 0 Å². The lowest BCUT2D eigenvalue weighted by molar-refractivity contribution is 0.0981. The molecule has 1 aromatic heterocycles. The summed E-state index contributed by atoms with van der Waals surface area (Å²) in [7, 11) is 3.35. The quantitative estimate of drug-likeness (QED) is 0.469. The molecule has 174 valence electrons. The molecular weight excluding hydrogens is 474 g/mol. The number of aromatic nitrogens is 1. The van der Waals surface area contributed by atoms with Crippen molar-refractivity contribution in [2.45, 2.75) is 4.90 Å². The van der Waals surface area contributed by atoms with Crippen LogP contribution < -0.4 is 14.4 Å². The third-order valence-electron chi connectivity index (χ3n) is 4.65. The summed E-state index contributed by atoms with van der Waals surface area (Å²) >= 11 is 1.27. The van der Waals surface area contributed by atoms with Gasteiger partial charge in [0.1, 0.15) is 5.52 Å². The largest absolute Gasteiger partial charge is 0.493 e. The minimum absolute atomic E-state index is 0.